The first-order valence-corrected chi connectivity index (χ1v) is 10.1. The highest BCUT2D eigenvalue weighted by Gasteiger charge is 2.28. The number of aromatic amines is 1. The average molecular weight is 470 g/mol. The predicted octanol–water partition coefficient (Wildman–Crippen LogP) is 3.10. The number of piperidine rings is 1. The van der Waals surface area contributed by atoms with E-state index in [1.165, 1.54) is 18.5 Å². The van der Waals surface area contributed by atoms with Gasteiger partial charge in [0, 0.05) is 25.3 Å². The summed E-state index contributed by atoms with van der Waals surface area (Å²) in [6, 6.07) is -0.0981. The maximum Gasteiger partial charge on any atom is 0.408 e. The number of carbonyl (C=O) groups excluding carboxylic acids is 1. The molecule has 170 valence electrons. The zero-order chi connectivity index (χ0) is 22.9. The third-order valence-electron chi connectivity index (χ3n) is 4.85. The standard InChI is InChI=1S/C18H19ClF3N9O/c1-2-12(32)30-5-3-4-10(7-30)24-15-13-14(19)28-29-16(13)27-17(26-15)25-11-6-23-31(8-11)9-18(20,21)22/h2,6,8,10H,1,3-5,7,9H2,(H3,24,25,26,27,28,29)/t10-/m1/s1. The highest BCUT2D eigenvalue weighted by molar-refractivity contribution is 6.35. The van der Waals surface area contributed by atoms with E-state index in [1.54, 1.807) is 4.90 Å². The minimum absolute atomic E-state index is 0.0981. The molecule has 10 nitrogen and oxygen atoms in total. The molecule has 0 saturated carbocycles. The fourth-order valence-electron chi connectivity index (χ4n) is 3.50. The van der Waals surface area contributed by atoms with Crippen LogP contribution < -0.4 is 10.6 Å². The monoisotopic (exact) mass is 469 g/mol. The van der Waals surface area contributed by atoms with Crippen LogP contribution in [0.25, 0.3) is 11.0 Å². The van der Waals surface area contributed by atoms with Crippen molar-refractivity contribution in [1.29, 1.82) is 0 Å². The number of fused-ring (bicyclic) bond motifs is 1. The lowest BCUT2D eigenvalue weighted by molar-refractivity contribution is -0.142. The maximum absolute atomic E-state index is 12.6. The van der Waals surface area contributed by atoms with Gasteiger partial charge < -0.3 is 15.5 Å². The molecule has 0 aliphatic carbocycles. The normalized spacial score (nSPS) is 16.9. The molecule has 0 unspecified atom stereocenters. The summed E-state index contributed by atoms with van der Waals surface area (Å²) in [6.45, 7) is 3.41. The quantitative estimate of drug-likeness (QED) is 0.475. The van der Waals surface area contributed by atoms with Gasteiger partial charge in [-0.2, -0.15) is 33.3 Å². The van der Waals surface area contributed by atoms with E-state index in [1.807, 2.05) is 0 Å². The molecule has 3 aromatic heterocycles. The molecule has 1 aliphatic rings. The second-order valence-corrected chi connectivity index (χ2v) is 7.65. The van der Waals surface area contributed by atoms with Gasteiger partial charge in [0.25, 0.3) is 0 Å². The van der Waals surface area contributed by atoms with Crippen LogP contribution >= 0.6 is 11.6 Å². The van der Waals surface area contributed by atoms with Gasteiger partial charge in [-0.25, -0.2) is 0 Å². The highest BCUT2D eigenvalue weighted by atomic mass is 35.5. The second kappa shape index (κ2) is 8.65. The Labute approximate surface area is 184 Å². The van der Waals surface area contributed by atoms with Gasteiger partial charge in [-0.05, 0) is 18.9 Å². The highest BCUT2D eigenvalue weighted by Crippen LogP contribution is 2.29. The molecule has 1 amide bonds. The molecule has 0 spiro atoms. The van der Waals surface area contributed by atoms with Gasteiger partial charge in [0.15, 0.2) is 5.65 Å². The molecule has 3 aromatic rings. The fourth-order valence-corrected chi connectivity index (χ4v) is 3.71. The molecule has 1 aliphatic heterocycles. The summed E-state index contributed by atoms with van der Waals surface area (Å²) in [6.07, 6.45) is 0.931. The number of amides is 1. The van der Waals surface area contributed by atoms with E-state index in [4.69, 9.17) is 11.6 Å². The number of nitrogens with zero attached hydrogens (tertiary/aromatic N) is 6. The maximum atomic E-state index is 12.6. The molecule has 1 saturated heterocycles. The van der Waals surface area contributed by atoms with Crippen LogP contribution in [0.1, 0.15) is 12.8 Å². The van der Waals surface area contributed by atoms with Crippen molar-refractivity contribution in [2.75, 3.05) is 23.7 Å². The first kappa shape index (κ1) is 21.9. The van der Waals surface area contributed by atoms with Gasteiger partial charge in [0.2, 0.25) is 11.9 Å². The molecule has 0 radical (unpaired) electrons. The number of alkyl halides is 3. The number of carbonyl (C=O) groups is 1. The van der Waals surface area contributed by atoms with Crippen LogP contribution in [-0.2, 0) is 11.3 Å². The number of hydrogen-bond acceptors (Lipinski definition) is 7. The van der Waals surface area contributed by atoms with Crippen molar-refractivity contribution in [1.82, 2.24) is 34.8 Å². The summed E-state index contributed by atoms with van der Waals surface area (Å²) >= 11 is 6.22. The molecule has 4 heterocycles. The average Bonchev–Trinajstić information content (AvgIpc) is 3.32. The van der Waals surface area contributed by atoms with Crippen LogP contribution in [0.4, 0.5) is 30.6 Å². The zero-order valence-electron chi connectivity index (χ0n) is 16.7. The molecular formula is C18H19ClF3N9O. The third-order valence-corrected chi connectivity index (χ3v) is 5.12. The third kappa shape index (κ3) is 4.93. The Morgan fingerprint density at radius 3 is 2.97 bits per heavy atom. The Balaban J connectivity index is 1.57. The number of nitrogens with one attached hydrogen (secondary N) is 3. The zero-order valence-corrected chi connectivity index (χ0v) is 17.4. The Morgan fingerprint density at radius 2 is 2.22 bits per heavy atom. The van der Waals surface area contributed by atoms with Gasteiger partial charge in [-0.15, -0.1) is 0 Å². The molecule has 14 heteroatoms. The van der Waals surface area contributed by atoms with Gasteiger partial charge in [-0.1, -0.05) is 18.2 Å². The summed E-state index contributed by atoms with van der Waals surface area (Å²) in [7, 11) is 0. The summed E-state index contributed by atoms with van der Waals surface area (Å²) in [5, 5.41) is 17.2. The molecule has 3 N–H and O–H groups in total. The second-order valence-electron chi connectivity index (χ2n) is 7.27. The largest absolute Gasteiger partial charge is 0.408 e. The van der Waals surface area contributed by atoms with E-state index in [0.717, 1.165) is 17.5 Å². The van der Waals surface area contributed by atoms with Gasteiger partial charge in [0.05, 0.1) is 11.9 Å². The number of rotatable bonds is 6. The molecule has 1 atom stereocenters. The lowest BCUT2D eigenvalue weighted by Crippen LogP contribution is -2.44. The van der Waals surface area contributed by atoms with Crippen LogP contribution in [0.2, 0.25) is 5.15 Å². The van der Waals surface area contributed by atoms with Crippen molar-refractivity contribution < 1.29 is 18.0 Å². The van der Waals surface area contributed by atoms with E-state index in [-0.39, 0.29) is 34.4 Å². The van der Waals surface area contributed by atoms with E-state index in [2.05, 4.69) is 42.5 Å². The summed E-state index contributed by atoms with van der Waals surface area (Å²) in [5.74, 6) is 0.338. The van der Waals surface area contributed by atoms with Crippen LogP contribution in [0.15, 0.2) is 25.0 Å². The number of halogens is 4. The topological polar surface area (TPSA) is 117 Å². The van der Waals surface area contributed by atoms with Crippen molar-refractivity contribution in [3.63, 3.8) is 0 Å². The minimum atomic E-state index is -4.39. The van der Waals surface area contributed by atoms with Crippen molar-refractivity contribution in [2.45, 2.75) is 31.6 Å². The smallest absolute Gasteiger partial charge is 0.365 e. The van der Waals surface area contributed by atoms with Crippen LogP contribution in [-0.4, -0.2) is 66.1 Å². The Hall–Kier alpha value is -3.35. The Kier molecular flexibility index (Phi) is 5.91. The van der Waals surface area contributed by atoms with E-state index in [0.29, 0.717) is 24.3 Å². The van der Waals surface area contributed by atoms with Gasteiger partial charge in [0.1, 0.15) is 22.9 Å². The van der Waals surface area contributed by atoms with Gasteiger partial charge in [-0.3, -0.25) is 14.6 Å². The lowest BCUT2D eigenvalue weighted by Gasteiger charge is -2.32. The van der Waals surface area contributed by atoms with E-state index < -0.39 is 12.7 Å². The minimum Gasteiger partial charge on any atom is -0.365 e. The fraction of sp³-hybridized carbons (Fsp3) is 0.389. The molecule has 4 rings (SSSR count). The molecular weight excluding hydrogens is 451 g/mol. The lowest BCUT2D eigenvalue weighted by atomic mass is 10.1. The van der Waals surface area contributed by atoms with Crippen molar-refractivity contribution in [2.24, 2.45) is 0 Å². The summed E-state index contributed by atoms with van der Waals surface area (Å²) in [5.41, 5.74) is 0.550. The van der Waals surface area contributed by atoms with Crippen molar-refractivity contribution >= 4 is 46.0 Å². The van der Waals surface area contributed by atoms with E-state index in [9.17, 15) is 18.0 Å². The van der Waals surface area contributed by atoms with Crippen molar-refractivity contribution in [3.05, 3.63) is 30.2 Å². The van der Waals surface area contributed by atoms with E-state index >= 15 is 0 Å². The molecule has 0 bridgehead atoms. The van der Waals surface area contributed by atoms with Crippen LogP contribution in [0.3, 0.4) is 0 Å². The number of anilines is 3. The predicted molar refractivity (Wildman–Crippen MR) is 112 cm³/mol. The number of hydrogen-bond donors (Lipinski definition) is 3. The SMILES string of the molecule is C=CC(=O)N1CCC[C@@H](Nc2nc(Nc3cnn(CC(F)(F)F)c3)nc3n[nH]c(Cl)c23)C1. The summed E-state index contributed by atoms with van der Waals surface area (Å²) in [4.78, 5) is 22.4. The molecule has 32 heavy (non-hydrogen) atoms. The van der Waals surface area contributed by atoms with Crippen LogP contribution in [0.5, 0.6) is 0 Å². The van der Waals surface area contributed by atoms with Crippen LogP contribution in [0, 0.1) is 0 Å². The number of likely N-dealkylation sites (tertiary alicyclic amines) is 1. The van der Waals surface area contributed by atoms with Crippen molar-refractivity contribution in [3.8, 4) is 0 Å². The first-order chi connectivity index (χ1) is 15.2. The first-order valence-electron chi connectivity index (χ1n) is 9.67. The Bertz CT molecular complexity index is 1140. The van der Waals surface area contributed by atoms with Gasteiger partial charge >= 0.3 is 6.18 Å². The number of H-pyrrole nitrogens is 1. The Morgan fingerprint density at radius 1 is 1.41 bits per heavy atom. The molecule has 1 fully saturated rings. The molecule has 0 aromatic carbocycles. The number of aromatic nitrogens is 6. The summed E-state index contributed by atoms with van der Waals surface area (Å²) < 4.78 is 38.4.